The molecule has 2 aliphatic rings. The molecule has 8 nitrogen and oxygen atoms in total. The average molecular weight is 439 g/mol. The molecule has 2 bridgehead atoms. The maximum Gasteiger partial charge on any atom is 0.353 e. The van der Waals surface area contributed by atoms with Crippen LogP contribution < -0.4 is 10.2 Å². The van der Waals surface area contributed by atoms with Gasteiger partial charge in [-0.1, -0.05) is 38.2 Å². The second-order valence-electron chi connectivity index (χ2n) is 10.1. The Balaban J connectivity index is 1.53. The summed E-state index contributed by atoms with van der Waals surface area (Å²) in [6.07, 6.45) is 4.57. The number of anilines is 3. The number of fused-ring (bicyclic) bond motifs is 3. The Kier molecular flexibility index (Phi) is 4.44. The number of hydrogen-bond acceptors (Lipinski definition) is 8. The highest BCUT2D eigenvalue weighted by Gasteiger charge is 2.51. The molecule has 3 aromatic rings. The molecule has 2 aromatic heterocycles. The molecule has 5 rings (SSSR count). The summed E-state index contributed by atoms with van der Waals surface area (Å²) in [5.41, 5.74) is 2.29. The second-order valence-corrected chi connectivity index (χ2v) is 11.1. The zero-order valence-corrected chi connectivity index (χ0v) is 19.0. The van der Waals surface area contributed by atoms with Crippen molar-refractivity contribution in [2.75, 3.05) is 16.8 Å². The van der Waals surface area contributed by atoms with E-state index in [2.05, 4.69) is 52.0 Å². The fourth-order valence-electron chi connectivity index (χ4n) is 5.73. The maximum absolute atomic E-state index is 12.1. The summed E-state index contributed by atoms with van der Waals surface area (Å²) >= 11 is 1.46. The standard InChI is InChI=1S/C22H26N6O2S/c1-13-5-6-15-16(7-13)31-20(25-15)26-18-17(28(29)30)19(24-12-23-18)27-11-22(4)9-14(27)8-21(2,3)10-22/h5-7,12,14H,8-11H2,1-4H3,(H,23,24,25,26). The van der Waals surface area contributed by atoms with Crippen LogP contribution >= 0.6 is 11.3 Å². The molecule has 1 aliphatic carbocycles. The Morgan fingerprint density at radius 1 is 1.26 bits per heavy atom. The molecule has 1 N–H and O–H groups in total. The molecule has 0 radical (unpaired) electrons. The van der Waals surface area contributed by atoms with Gasteiger partial charge in [0.05, 0.1) is 15.1 Å². The fourth-order valence-corrected chi connectivity index (χ4v) is 6.70. The van der Waals surface area contributed by atoms with Crippen LogP contribution in [0.4, 0.5) is 22.5 Å². The van der Waals surface area contributed by atoms with E-state index in [1.165, 1.54) is 17.7 Å². The summed E-state index contributed by atoms with van der Waals surface area (Å²) < 4.78 is 1.03. The van der Waals surface area contributed by atoms with E-state index in [4.69, 9.17) is 0 Å². The Bertz CT molecular complexity index is 1190. The number of aromatic nitrogens is 3. The number of hydrogen-bond donors (Lipinski definition) is 1. The normalized spacial score (nSPS) is 24.5. The van der Waals surface area contributed by atoms with Crippen LogP contribution in [0.3, 0.4) is 0 Å². The molecule has 1 saturated carbocycles. The maximum atomic E-state index is 12.1. The number of thiazole rings is 1. The first-order chi connectivity index (χ1) is 14.6. The topological polar surface area (TPSA) is 97.1 Å². The van der Waals surface area contributed by atoms with Gasteiger partial charge >= 0.3 is 5.69 Å². The van der Waals surface area contributed by atoms with Gasteiger partial charge in [0.15, 0.2) is 5.13 Å². The lowest BCUT2D eigenvalue weighted by atomic mass is 9.65. The van der Waals surface area contributed by atoms with Crippen molar-refractivity contribution in [3.8, 4) is 0 Å². The summed E-state index contributed by atoms with van der Waals surface area (Å²) in [6.45, 7) is 9.67. The van der Waals surface area contributed by atoms with Crippen LogP contribution in [-0.4, -0.2) is 32.5 Å². The molecule has 1 aliphatic heterocycles. The highest BCUT2D eigenvalue weighted by Crippen LogP contribution is 2.54. The lowest BCUT2D eigenvalue weighted by Crippen LogP contribution is -2.35. The van der Waals surface area contributed by atoms with Crippen molar-refractivity contribution >= 4 is 44.0 Å². The molecule has 2 unspecified atom stereocenters. The highest BCUT2D eigenvalue weighted by atomic mass is 32.1. The van der Waals surface area contributed by atoms with Crippen LogP contribution in [-0.2, 0) is 0 Å². The van der Waals surface area contributed by atoms with Crippen molar-refractivity contribution in [3.05, 3.63) is 40.2 Å². The monoisotopic (exact) mass is 438 g/mol. The molecule has 0 spiro atoms. The first kappa shape index (κ1) is 20.1. The number of rotatable bonds is 4. The minimum Gasteiger partial charge on any atom is -0.347 e. The van der Waals surface area contributed by atoms with Gasteiger partial charge < -0.3 is 10.2 Å². The van der Waals surface area contributed by atoms with Gasteiger partial charge in [-0.05, 0) is 54.7 Å². The highest BCUT2D eigenvalue weighted by molar-refractivity contribution is 7.22. The minimum absolute atomic E-state index is 0.0770. The Morgan fingerprint density at radius 3 is 2.84 bits per heavy atom. The number of benzene rings is 1. The quantitative estimate of drug-likeness (QED) is 0.427. The first-order valence-corrected chi connectivity index (χ1v) is 11.3. The van der Waals surface area contributed by atoms with Gasteiger partial charge in [0.2, 0.25) is 11.6 Å². The van der Waals surface area contributed by atoms with E-state index in [1.54, 1.807) is 0 Å². The third kappa shape index (κ3) is 3.60. The van der Waals surface area contributed by atoms with Gasteiger partial charge in [-0.25, -0.2) is 15.0 Å². The Labute approximate surface area is 184 Å². The number of nitrogens with zero attached hydrogens (tertiary/aromatic N) is 5. The van der Waals surface area contributed by atoms with E-state index in [0.29, 0.717) is 10.9 Å². The fraction of sp³-hybridized carbons (Fsp3) is 0.500. The van der Waals surface area contributed by atoms with Crippen molar-refractivity contribution in [3.63, 3.8) is 0 Å². The van der Waals surface area contributed by atoms with Crippen LogP contribution in [0.2, 0.25) is 0 Å². The molecule has 2 atom stereocenters. The number of nitrogens with one attached hydrogen (secondary N) is 1. The van der Waals surface area contributed by atoms with E-state index < -0.39 is 0 Å². The molecular weight excluding hydrogens is 412 g/mol. The van der Waals surface area contributed by atoms with Gasteiger partial charge in [-0.15, -0.1) is 0 Å². The SMILES string of the molecule is Cc1ccc2nc(Nc3ncnc(N4CC5(C)CC4CC(C)(C)C5)c3[N+](=O)[O-])sc2c1. The van der Waals surface area contributed by atoms with Crippen LogP contribution in [0, 0.1) is 27.9 Å². The van der Waals surface area contributed by atoms with E-state index in [0.717, 1.165) is 41.6 Å². The minimum atomic E-state index is -0.370. The third-order valence-electron chi connectivity index (χ3n) is 6.44. The van der Waals surface area contributed by atoms with E-state index in [1.807, 2.05) is 19.1 Å². The predicted octanol–water partition coefficient (Wildman–Crippen LogP) is 5.45. The lowest BCUT2D eigenvalue weighted by molar-refractivity contribution is -0.383. The van der Waals surface area contributed by atoms with Crippen molar-refractivity contribution in [1.29, 1.82) is 0 Å². The zero-order chi connectivity index (χ0) is 22.0. The van der Waals surface area contributed by atoms with Gasteiger partial charge in [-0.3, -0.25) is 10.1 Å². The van der Waals surface area contributed by atoms with Crippen LogP contribution in [0.5, 0.6) is 0 Å². The second kappa shape index (κ2) is 6.85. The summed E-state index contributed by atoms with van der Waals surface area (Å²) in [4.78, 5) is 27.1. The van der Waals surface area contributed by atoms with Gasteiger partial charge in [0, 0.05) is 12.6 Å². The zero-order valence-electron chi connectivity index (χ0n) is 18.2. The molecule has 3 heterocycles. The van der Waals surface area contributed by atoms with Crippen molar-refractivity contribution < 1.29 is 4.92 Å². The van der Waals surface area contributed by atoms with E-state index in [9.17, 15) is 10.1 Å². The molecule has 31 heavy (non-hydrogen) atoms. The molecule has 9 heteroatoms. The largest absolute Gasteiger partial charge is 0.353 e. The van der Waals surface area contributed by atoms with Crippen LogP contribution in [0.1, 0.15) is 45.6 Å². The molecular formula is C22H26N6O2S. The van der Waals surface area contributed by atoms with Crippen LogP contribution in [0.15, 0.2) is 24.5 Å². The summed E-state index contributed by atoms with van der Waals surface area (Å²) in [5.74, 6) is 0.600. The number of aryl methyl sites for hydroxylation is 1. The lowest BCUT2D eigenvalue weighted by Gasteiger charge is -2.39. The summed E-state index contributed by atoms with van der Waals surface area (Å²) in [6, 6.07) is 6.27. The summed E-state index contributed by atoms with van der Waals surface area (Å²) in [7, 11) is 0. The number of nitro groups is 1. The smallest absolute Gasteiger partial charge is 0.347 e. The van der Waals surface area contributed by atoms with Gasteiger partial charge in [0.1, 0.15) is 6.33 Å². The van der Waals surface area contributed by atoms with E-state index >= 15 is 0 Å². The van der Waals surface area contributed by atoms with Gasteiger partial charge in [0.25, 0.3) is 0 Å². The molecule has 0 amide bonds. The van der Waals surface area contributed by atoms with E-state index in [-0.39, 0.29) is 33.3 Å². The average Bonchev–Trinajstić information content (AvgIpc) is 3.16. The molecule has 1 aromatic carbocycles. The predicted molar refractivity (Wildman–Crippen MR) is 123 cm³/mol. The summed E-state index contributed by atoms with van der Waals surface area (Å²) in [5, 5.41) is 15.8. The Hall–Kier alpha value is -2.81. The van der Waals surface area contributed by atoms with Crippen molar-refractivity contribution in [1.82, 2.24) is 15.0 Å². The Morgan fingerprint density at radius 2 is 2.06 bits per heavy atom. The first-order valence-electron chi connectivity index (χ1n) is 10.5. The molecule has 1 saturated heterocycles. The van der Waals surface area contributed by atoms with Crippen LogP contribution in [0.25, 0.3) is 10.2 Å². The van der Waals surface area contributed by atoms with Crippen molar-refractivity contribution in [2.45, 2.75) is 53.0 Å². The molecule has 162 valence electrons. The third-order valence-corrected chi connectivity index (χ3v) is 7.38. The van der Waals surface area contributed by atoms with Crippen molar-refractivity contribution in [2.24, 2.45) is 10.8 Å². The molecule has 2 fully saturated rings. The van der Waals surface area contributed by atoms with Gasteiger partial charge in [-0.2, -0.15) is 0 Å².